The number of H-pyrrole nitrogens is 1. The summed E-state index contributed by atoms with van der Waals surface area (Å²) in [5.41, 5.74) is 2.43. The number of amides is 1. The smallest absolute Gasteiger partial charge is 0.253 e. The van der Waals surface area contributed by atoms with Crippen molar-refractivity contribution in [2.45, 2.75) is 31.2 Å². The van der Waals surface area contributed by atoms with Gasteiger partial charge in [0.1, 0.15) is 11.6 Å². The van der Waals surface area contributed by atoms with Crippen LogP contribution in [0.5, 0.6) is 5.75 Å². The minimum Gasteiger partial charge on any atom is -0.493 e. The summed E-state index contributed by atoms with van der Waals surface area (Å²) in [5, 5.41) is 3.02. The van der Waals surface area contributed by atoms with Gasteiger partial charge in [-0.2, -0.15) is 0 Å². The number of halogens is 1. The molecule has 4 nitrogen and oxygen atoms in total. The molecule has 0 radical (unpaired) electrons. The minimum absolute atomic E-state index is 0.106. The van der Waals surface area contributed by atoms with Crippen LogP contribution in [-0.4, -0.2) is 17.5 Å². The average Bonchev–Trinajstić information content (AvgIpc) is 3.24. The van der Waals surface area contributed by atoms with E-state index >= 15 is 0 Å². The molecule has 0 saturated heterocycles. The molecule has 1 atom stereocenters. The van der Waals surface area contributed by atoms with Crippen LogP contribution in [0.3, 0.4) is 0 Å². The van der Waals surface area contributed by atoms with Gasteiger partial charge in [-0.25, -0.2) is 4.39 Å². The molecule has 1 fully saturated rings. The summed E-state index contributed by atoms with van der Waals surface area (Å²) in [5.74, 6) is 0.707. The quantitative estimate of drug-likeness (QED) is 0.914. The first kappa shape index (κ1) is 13.4. The summed E-state index contributed by atoms with van der Waals surface area (Å²) >= 11 is 0. The first-order valence-electron chi connectivity index (χ1n) is 7.63. The van der Waals surface area contributed by atoms with Gasteiger partial charge in [-0.15, -0.1) is 0 Å². The van der Waals surface area contributed by atoms with Gasteiger partial charge in [0.05, 0.1) is 18.2 Å². The maximum atomic E-state index is 13.5. The van der Waals surface area contributed by atoms with E-state index in [-0.39, 0.29) is 17.8 Å². The molecule has 1 aliphatic carbocycles. The number of aromatic nitrogens is 1. The van der Waals surface area contributed by atoms with Gasteiger partial charge in [-0.3, -0.25) is 4.79 Å². The largest absolute Gasteiger partial charge is 0.493 e. The molecule has 1 unspecified atom stereocenters. The van der Waals surface area contributed by atoms with Crippen molar-refractivity contribution in [2.24, 2.45) is 0 Å². The normalized spacial score (nSPS) is 20.1. The number of hydrogen-bond donors (Lipinski definition) is 2. The van der Waals surface area contributed by atoms with E-state index in [0.29, 0.717) is 35.8 Å². The Hall–Kier alpha value is -2.30. The fraction of sp³-hybridized carbons (Fsp3) is 0.353. The number of benzene rings is 1. The van der Waals surface area contributed by atoms with Crippen molar-refractivity contribution in [2.75, 3.05) is 6.61 Å². The summed E-state index contributed by atoms with van der Waals surface area (Å²) in [7, 11) is 0. The van der Waals surface area contributed by atoms with E-state index in [1.54, 1.807) is 12.3 Å². The van der Waals surface area contributed by atoms with Crippen molar-refractivity contribution in [3.63, 3.8) is 0 Å². The number of aromatic amines is 1. The Morgan fingerprint density at radius 3 is 2.95 bits per heavy atom. The van der Waals surface area contributed by atoms with Gasteiger partial charge in [-0.1, -0.05) is 0 Å². The third kappa shape index (κ3) is 2.36. The summed E-state index contributed by atoms with van der Waals surface area (Å²) in [6, 6.07) is 6.04. The predicted octanol–water partition coefficient (Wildman–Crippen LogP) is 3.28. The molecule has 5 heteroatoms. The summed E-state index contributed by atoms with van der Waals surface area (Å²) in [4.78, 5) is 15.7. The van der Waals surface area contributed by atoms with Crippen LogP contribution < -0.4 is 10.1 Å². The molecule has 2 aromatic rings. The summed E-state index contributed by atoms with van der Waals surface area (Å²) in [6.45, 7) is 0.520. The zero-order chi connectivity index (χ0) is 15.1. The van der Waals surface area contributed by atoms with Crippen LogP contribution in [0.2, 0.25) is 0 Å². The maximum Gasteiger partial charge on any atom is 0.253 e. The second-order valence-electron chi connectivity index (χ2n) is 5.92. The monoisotopic (exact) mass is 300 g/mol. The summed E-state index contributed by atoms with van der Waals surface area (Å²) < 4.78 is 19.0. The zero-order valence-electron chi connectivity index (χ0n) is 12.1. The van der Waals surface area contributed by atoms with Crippen molar-refractivity contribution in [1.82, 2.24) is 10.3 Å². The second kappa shape index (κ2) is 5.16. The van der Waals surface area contributed by atoms with Crippen LogP contribution in [0.1, 0.15) is 52.8 Å². The third-order valence-electron chi connectivity index (χ3n) is 4.33. The molecular weight excluding hydrogens is 283 g/mol. The van der Waals surface area contributed by atoms with Crippen LogP contribution in [0.15, 0.2) is 30.5 Å². The topological polar surface area (TPSA) is 54.1 Å². The van der Waals surface area contributed by atoms with Crippen LogP contribution in [0.4, 0.5) is 4.39 Å². The molecule has 4 rings (SSSR count). The highest BCUT2D eigenvalue weighted by Crippen LogP contribution is 2.41. The molecule has 1 aromatic heterocycles. The highest BCUT2D eigenvalue weighted by atomic mass is 19.1. The highest BCUT2D eigenvalue weighted by molar-refractivity contribution is 5.96. The lowest BCUT2D eigenvalue weighted by molar-refractivity contribution is 0.0923. The van der Waals surface area contributed by atoms with Gasteiger partial charge in [0.15, 0.2) is 0 Å². The lowest BCUT2D eigenvalue weighted by atomic mass is 9.99. The van der Waals surface area contributed by atoms with Gasteiger partial charge in [-0.05, 0) is 43.0 Å². The standard InChI is InChI=1S/C17H17FN2O2/c18-11-3-4-15-13(9-11)14(6-8-22-15)20-17(21)12-5-7-19-16(12)10-1-2-10/h3-5,7,9-10,14,19H,1-2,6,8H2,(H,20,21). The molecule has 1 amide bonds. The molecule has 2 aliphatic rings. The second-order valence-corrected chi connectivity index (χ2v) is 5.92. The van der Waals surface area contributed by atoms with Crippen molar-refractivity contribution >= 4 is 5.91 Å². The van der Waals surface area contributed by atoms with Gasteiger partial charge in [0.25, 0.3) is 5.91 Å². The molecule has 1 aromatic carbocycles. The van der Waals surface area contributed by atoms with Crippen LogP contribution in [0, 0.1) is 5.82 Å². The van der Waals surface area contributed by atoms with Crippen LogP contribution in [-0.2, 0) is 0 Å². The molecule has 0 bridgehead atoms. The summed E-state index contributed by atoms with van der Waals surface area (Å²) in [6.07, 6.45) is 4.71. The van der Waals surface area contributed by atoms with Gasteiger partial charge in [0.2, 0.25) is 0 Å². The van der Waals surface area contributed by atoms with E-state index in [1.165, 1.54) is 12.1 Å². The van der Waals surface area contributed by atoms with E-state index in [0.717, 1.165) is 18.5 Å². The Morgan fingerprint density at radius 1 is 1.27 bits per heavy atom. The van der Waals surface area contributed by atoms with E-state index < -0.39 is 0 Å². The molecule has 2 N–H and O–H groups in total. The van der Waals surface area contributed by atoms with Gasteiger partial charge < -0.3 is 15.0 Å². The number of carbonyl (C=O) groups excluding carboxylic acids is 1. The number of rotatable bonds is 3. The molecule has 114 valence electrons. The number of hydrogen-bond acceptors (Lipinski definition) is 2. The molecular formula is C17H17FN2O2. The molecule has 1 aliphatic heterocycles. The first-order chi connectivity index (χ1) is 10.7. The number of ether oxygens (including phenoxy) is 1. The molecule has 2 heterocycles. The lowest BCUT2D eigenvalue weighted by Crippen LogP contribution is -2.32. The lowest BCUT2D eigenvalue weighted by Gasteiger charge is -2.26. The Morgan fingerprint density at radius 2 is 2.14 bits per heavy atom. The number of carbonyl (C=O) groups is 1. The highest BCUT2D eigenvalue weighted by Gasteiger charge is 2.30. The van der Waals surface area contributed by atoms with Crippen LogP contribution in [0.25, 0.3) is 0 Å². The Balaban J connectivity index is 1.58. The van der Waals surface area contributed by atoms with Crippen molar-refractivity contribution < 1.29 is 13.9 Å². The Labute approximate surface area is 127 Å². The first-order valence-corrected chi connectivity index (χ1v) is 7.63. The molecule has 22 heavy (non-hydrogen) atoms. The van der Waals surface area contributed by atoms with Crippen molar-refractivity contribution in [3.05, 3.63) is 53.1 Å². The van der Waals surface area contributed by atoms with E-state index in [2.05, 4.69) is 10.3 Å². The zero-order valence-corrected chi connectivity index (χ0v) is 12.1. The van der Waals surface area contributed by atoms with Crippen molar-refractivity contribution in [3.8, 4) is 5.75 Å². The van der Waals surface area contributed by atoms with E-state index in [1.807, 2.05) is 6.07 Å². The average molecular weight is 300 g/mol. The fourth-order valence-corrected chi connectivity index (χ4v) is 3.04. The van der Waals surface area contributed by atoms with Gasteiger partial charge in [0, 0.05) is 23.9 Å². The van der Waals surface area contributed by atoms with E-state index in [9.17, 15) is 9.18 Å². The molecule has 0 spiro atoms. The van der Waals surface area contributed by atoms with Crippen molar-refractivity contribution in [1.29, 1.82) is 0 Å². The fourth-order valence-electron chi connectivity index (χ4n) is 3.04. The predicted molar refractivity (Wildman–Crippen MR) is 79.5 cm³/mol. The Kier molecular flexibility index (Phi) is 3.13. The Bertz CT molecular complexity index is 721. The van der Waals surface area contributed by atoms with Crippen LogP contribution >= 0.6 is 0 Å². The van der Waals surface area contributed by atoms with E-state index in [4.69, 9.17) is 4.74 Å². The SMILES string of the molecule is O=C(NC1CCOc2ccc(F)cc21)c1cc[nH]c1C1CC1. The third-order valence-corrected chi connectivity index (χ3v) is 4.33. The van der Waals surface area contributed by atoms with Gasteiger partial charge >= 0.3 is 0 Å². The molecule has 1 saturated carbocycles. The minimum atomic E-state index is -0.316. The number of fused-ring (bicyclic) bond motifs is 1. The maximum absolute atomic E-state index is 13.5. The number of nitrogens with one attached hydrogen (secondary N) is 2.